The van der Waals surface area contributed by atoms with Gasteiger partial charge < -0.3 is 29.4 Å². The first-order valence-corrected chi connectivity index (χ1v) is 10.6. The van der Waals surface area contributed by atoms with E-state index in [1.165, 1.54) is 0 Å². The van der Waals surface area contributed by atoms with Crippen molar-refractivity contribution in [2.24, 2.45) is 5.73 Å². The highest BCUT2D eigenvalue weighted by molar-refractivity contribution is 5.93. The molecule has 0 aromatic heterocycles. The summed E-state index contributed by atoms with van der Waals surface area (Å²) in [6.45, 7) is 7.71. The fourth-order valence-corrected chi connectivity index (χ4v) is 3.84. The predicted octanol–water partition coefficient (Wildman–Crippen LogP) is 2.05. The van der Waals surface area contributed by atoms with Gasteiger partial charge >= 0.3 is 5.97 Å². The van der Waals surface area contributed by atoms with Crippen LogP contribution in [-0.4, -0.2) is 64.0 Å². The van der Waals surface area contributed by atoms with Gasteiger partial charge in [-0.2, -0.15) is 5.26 Å². The Bertz CT molecular complexity index is 944. The average molecular weight is 444 g/mol. The fourth-order valence-electron chi connectivity index (χ4n) is 3.84. The zero-order valence-electron chi connectivity index (χ0n) is 18.7. The first-order valence-electron chi connectivity index (χ1n) is 10.6. The van der Waals surface area contributed by atoms with Gasteiger partial charge in [0.05, 0.1) is 38.4 Å². The van der Waals surface area contributed by atoms with Crippen LogP contribution in [0, 0.1) is 11.3 Å². The highest BCUT2D eigenvalue weighted by Crippen LogP contribution is 2.45. The van der Waals surface area contributed by atoms with Crippen molar-refractivity contribution in [3.63, 3.8) is 0 Å². The standard InChI is InChI=1S/C23H29N3O6/c1-4-30-23(27)19-15(2)32-22(25)17(14-24)20(19)16-6-5-7-18(28-3)21(16)31-13-10-26-8-11-29-12-9-26/h5-7,20H,4,8-13,25H2,1-3H3. The van der Waals surface area contributed by atoms with Crippen LogP contribution in [0.3, 0.4) is 0 Å². The summed E-state index contributed by atoms with van der Waals surface area (Å²) in [6, 6.07) is 7.43. The smallest absolute Gasteiger partial charge is 0.338 e. The highest BCUT2D eigenvalue weighted by Gasteiger charge is 2.38. The Labute approximate surface area is 187 Å². The fraction of sp³-hybridized carbons (Fsp3) is 0.478. The molecule has 1 aromatic rings. The van der Waals surface area contributed by atoms with E-state index in [1.807, 2.05) is 0 Å². The normalized spacial score (nSPS) is 19.2. The van der Waals surface area contributed by atoms with Gasteiger partial charge in [-0.25, -0.2) is 4.79 Å². The highest BCUT2D eigenvalue weighted by atomic mass is 16.5. The van der Waals surface area contributed by atoms with E-state index in [0.29, 0.717) is 43.4 Å². The van der Waals surface area contributed by atoms with E-state index in [9.17, 15) is 10.1 Å². The number of carbonyl (C=O) groups is 1. The third kappa shape index (κ3) is 4.98. The van der Waals surface area contributed by atoms with E-state index in [4.69, 9.17) is 29.4 Å². The summed E-state index contributed by atoms with van der Waals surface area (Å²) in [5, 5.41) is 9.84. The van der Waals surface area contributed by atoms with Crippen molar-refractivity contribution in [3.8, 4) is 17.6 Å². The molecule has 32 heavy (non-hydrogen) atoms. The van der Waals surface area contributed by atoms with Crippen molar-refractivity contribution in [3.05, 3.63) is 46.6 Å². The Kier molecular flexibility index (Phi) is 7.98. The summed E-state index contributed by atoms with van der Waals surface area (Å²) in [7, 11) is 1.54. The van der Waals surface area contributed by atoms with Crippen LogP contribution in [0.5, 0.6) is 11.5 Å². The minimum atomic E-state index is -0.804. The number of benzene rings is 1. The number of hydrogen-bond donors (Lipinski definition) is 1. The van der Waals surface area contributed by atoms with E-state index in [-0.39, 0.29) is 29.4 Å². The Hall–Kier alpha value is -3.22. The van der Waals surface area contributed by atoms with Gasteiger partial charge in [-0.15, -0.1) is 0 Å². The number of ether oxygens (including phenoxy) is 5. The molecule has 1 fully saturated rings. The van der Waals surface area contributed by atoms with Crippen LogP contribution in [0.25, 0.3) is 0 Å². The second kappa shape index (κ2) is 10.9. The Morgan fingerprint density at radius 1 is 1.34 bits per heavy atom. The van der Waals surface area contributed by atoms with E-state index in [1.54, 1.807) is 39.2 Å². The Morgan fingerprint density at radius 2 is 2.09 bits per heavy atom. The molecule has 2 aliphatic rings. The van der Waals surface area contributed by atoms with Crippen molar-refractivity contribution in [1.82, 2.24) is 4.90 Å². The molecule has 0 saturated carbocycles. The molecule has 9 nitrogen and oxygen atoms in total. The van der Waals surface area contributed by atoms with Crippen LogP contribution in [-0.2, 0) is 19.0 Å². The number of esters is 1. The first kappa shape index (κ1) is 23.4. The number of hydrogen-bond acceptors (Lipinski definition) is 9. The second-order valence-electron chi connectivity index (χ2n) is 7.30. The van der Waals surface area contributed by atoms with Crippen LogP contribution in [0.2, 0.25) is 0 Å². The molecule has 2 N–H and O–H groups in total. The largest absolute Gasteiger partial charge is 0.493 e. The number of nitrogens with zero attached hydrogens (tertiary/aromatic N) is 2. The predicted molar refractivity (Wildman–Crippen MR) is 116 cm³/mol. The molecule has 3 rings (SSSR count). The van der Waals surface area contributed by atoms with Gasteiger partial charge in [-0.1, -0.05) is 12.1 Å². The first-order chi connectivity index (χ1) is 15.5. The average Bonchev–Trinajstić information content (AvgIpc) is 2.79. The van der Waals surface area contributed by atoms with E-state index in [0.717, 1.165) is 13.1 Å². The molecule has 0 bridgehead atoms. The summed E-state index contributed by atoms with van der Waals surface area (Å²) >= 11 is 0. The molecule has 172 valence electrons. The third-order valence-electron chi connectivity index (χ3n) is 5.40. The van der Waals surface area contributed by atoms with Crippen LogP contribution in [0.15, 0.2) is 41.0 Å². The number of allylic oxidation sites excluding steroid dienone is 2. The van der Waals surface area contributed by atoms with Gasteiger partial charge in [0.25, 0.3) is 0 Å². The van der Waals surface area contributed by atoms with Gasteiger partial charge in [0.2, 0.25) is 5.88 Å². The SMILES string of the molecule is CCOC(=O)C1=C(C)OC(N)=C(C#N)C1c1cccc(OC)c1OCCN1CCOCC1. The molecule has 2 heterocycles. The van der Waals surface area contributed by atoms with Crippen molar-refractivity contribution < 1.29 is 28.5 Å². The van der Waals surface area contributed by atoms with Gasteiger partial charge in [-0.05, 0) is 19.9 Å². The summed E-state index contributed by atoms with van der Waals surface area (Å²) in [6.07, 6.45) is 0. The van der Waals surface area contributed by atoms with Crippen molar-refractivity contribution >= 4 is 5.97 Å². The Balaban J connectivity index is 1.99. The van der Waals surface area contributed by atoms with Crippen LogP contribution < -0.4 is 15.2 Å². The topological polar surface area (TPSA) is 116 Å². The van der Waals surface area contributed by atoms with Crippen molar-refractivity contribution in [1.29, 1.82) is 5.26 Å². The third-order valence-corrected chi connectivity index (χ3v) is 5.40. The molecule has 0 spiro atoms. The maximum atomic E-state index is 12.8. The molecule has 1 saturated heterocycles. The molecule has 1 unspecified atom stereocenters. The quantitative estimate of drug-likeness (QED) is 0.603. The Morgan fingerprint density at radius 3 is 2.75 bits per heavy atom. The molecular formula is C23H29N3O6. The summed E-state index contributed by atoms with van der Waals surface area (Å²) in [5.74, 6) is -0.200. The number of methoxy groups -OCH3 is 1. The van der Waals surface area contributed by atoms with Gasteiger partial charge in [0.1, 0.15) is 24.0 Å². The van der Waals surface area contributed by atoms with Crippen molar-refractivity contribution in [2.45, 2.75) is 19.8 Å². The van der Waals surface area contributed by atoms with Gasteiger partial charge in [-0.3, -0.25) is 4.90 Å². The lowest BCUT2D eigenvalue weighted by atomic mass is 9.82. The number of nitrogens with two attached hydrogens (primary N) is 1. The van der Waals surface area contributed by atoms with Crippen LogP contribution in [0.4, 0.5) is 0 Å². The number of carbonyl (C=O) groups excluding carboxylic acids is 1. The van der Waals surface area contributed by atoms with Crippen molar-refractivity contribution in [2.75, 3.05) is 53.2 Å². The van der Waals surface area contributed by atoms with Gasteiger partial charge in [0.15, 0.2) is 11.5 Å². The lowest BCUT2D eigenvalue weighted by Crippen LogP contribution is -2.38. The number of morpholine rings is 1. The zero-order valence-corrected chi connectivity index (χ0v) is 18.7. The van der Waals surface area contributed by atoms with E-state index >= 15 is 0 Å². The maximum absolute atomic E-state index is 12.8. The molecule has 0 amide bonds. The minimum Gasteiger partial charge on any atom is -0.493 e. The minimum absolute atomic E-state index is 0.0508. The van der Waals surface area contributed by atoms with E-state index in [2.05, 4.69) is 11.0 Å². The molecule has 9 heteroatoms. The molecule has 1 atom stereocenters. The number of para-hydroxylation sites is 1. The number of rotatable bonds is 8. The van der Waals surface area contributed by atoms with Crippen LogP contribution >= 0.6 is 0 Å². The summed E-state index contributed by atoms with van der Waals surface area (Å²) < 4.78 is 27.8. The summed E-state index contributed by atoms with van der Waals surface area (Å²) in [4.78, 5) is 15.1. The molecule has 1 aromatic carbocycles. The van der Waals surface area contributed by atoms with Crippen LogP contribution in [0.1, 0.15) is 25.3 Å². The molecule has 2 aliphatic heterocycles. The monoisotopic (exact) mass is 443 g/mol. The number of nitriles is 1. The molecular weight excluding hydrogens is 414 g/mol. The van der Waals surface area contributed by atoms with Gasteiger partial charge in [0, 0.05) is 25.2 Å². The zero-order chi connectivity index (χ0) is 23.1. The maximum Gasteiger partial charge on any atom is 0.338 e. The summed E-state index contributed by atoms with van der Waals surface area (Å²) in [5.41, 5.74) is 6.93. The lowest BCUT2D eigenvalue weighted by molar-refractivity contribution is -0.139. The molecule has 0 aliphatic carbocycles. The second-order valence-corrected chi connectivity index (χ2v) is 7.30. The molecule has 0 radical (unpaired) electrons. The lowest BCUT2D eigenvalue weighted by Gasteiger charge is -2.29. The van der Waals surface area contributed by atoms with E-state index < -0.39 is 11.9 Å².